The summed E-state index contributed by atoms with van der Waals surface area (Å²) in [5.74, 6) is -0.958. The highest BCUT2D eigenvalue weighted by Crippen LogP contribution is 1.97. The van der Waals surface area contributed by atoms with Gasteiger partial charge in [-0.05, 0) is 20.8 Å². The van der Waals surface area contributed by atoms with Crippen LogP contribution in [0.25, 0.3) is 0 Å². The van der Waals surface area contributed by atoms with Crippen molar-refractivity contribution in [1.29, 1.82) is 0 Å². The second kappa shape index (κ2) is 8.93. The van der Waals surface area contributed by atoms with Crippen LogP contribution in [0.2, 0.25) is 0 Å². The zero-order valence-corrected chi connectivity index (χ0v) is 8.33. The Morgan fingerprint density at radius 1 is 1.33 bits per heavy atom. The van der Waals surface area contributed by atoms with Crippen LogP contribution < -0.4 is 0 Å². The molecule has 0 rings (SSSR count). The summed E-state index contributed by atoms with van der Waals surface area (Å²) >= 11 is 0. The first kappa shape index (κ1) is 14.4. The van der Waals surface area contributed by atoms with Crippen molar-refractivity contribution >= 4 is 0 Å². The summed E-state index contributed by atoms with van der Waals surface area (Å²) in [6.07, 6.45) is 0. The number of hydrogen-bond acceptors (Lipinski definition) is 4. The normalized spacial score (nSPS) is 10.5. The lowest BCUT2D eigenvalue weighted by Gasteiger charge is -2.12. The third-order valence-electron chi connectivity index (χ3n) is 0.939. The second-order valence-corrected chi connectivity index (χ2v) is 2.57. The fourth-order valence-corrected chi connectivity index (χ4v) is 0.209. The van der Waals surface area contributed by atoms with Crippen molar-refractivity contribution in [2.45, 2.75) is 26.6 Å². The smallest absolute Gasteiger partial charge is 0.159 e. The highest BCUT2D eigenvalue weighted by Gasteiger charge is 2.06. The number of aliphatic hydroxyl groups is 2. The molecule has 0 spiro atoms. The van der Waals surface area contributed by atoms with Gasteiger partial charge in [0.05, 0.1) is 13.2 Å². The Balaban J connectivity index is 0. The molecule has 76 valence electrons. The first-order valence-corrected chi connectivity index (χ1v) is 3.94. The van der Waals surface area contributed by atoms with Gasteiger partial charge in [-0.2, -0.15) is 0 Å². The fraction of sp³-hybridized carbons (Fsp3) is 1.00. The van der Waals surface area contributed by atoms with E-state index in [1.807, 2.05) is 6.92 Å². The van der Waals surface area contributed by atoms with Crippen LogP contribution in [0, 0.1) is 0 Å². The van der Waals surface area contributed by atoms with Crippen LogP contribution in [0.5, 0.6) is 0 Å². The molecule has 0 saturated heterocycles. The zero-order chi connectivity index (χ0) is 10.0. The maximum absolute atomic E-state index is 8.60. The molecule has 0 bridgehead atoms. The molecule has 4 heteroatoms. The van der Waals surface area contributed by atoms with Crippen molar-refractivity contribution in [1.82, 2.24) is 0 Å². The van der Waals surface area contributed by atoms with E-state index in [-0.39, 0.29) is 6.61 Å². The van der Waals surface area contributed by atoms with Crippen molar-refractivity contribution in [2.24, 2.45) is 0 Å². The van der Waals surface area contributed by atoms with E-state index in [9.17, 15) is 0 Å². The largest absolute Gasteiger partial charge is 0.394 e. The monoisotopic (exact) mass is 180 g/mol. The molecule has 0 amide bonds. The molecule has 0 heterocycles. The molecule has 0 aliphatic carbocycles. The Labute approximate surface area is 74.1 Å². The molecule has 0 aliphatic heterocycles. The SMILES string of the molecule is CCOCCO.COC(C)(C)O. The lowest BCUT2D eigenvalue weighted by atomic mass is 10.4. The van der Waals surface area contributed by atoms with Gasteiger partial charge in [0.2, 0.25) is 0 Å². The predicted molar refractivity (Wildman–Crippen MR) is 46.9 cm³/mol. The number of ether oxygens (including phenoxy) is 2. The fourth-order valence-electron chi connectivity index (χ4n) is 0.209. The van der Waals surface area contributed by atoms with Crippen molar-refractivity contribution < 1.29 is 19.7 Å². The summed E-state index contributed by atoms with van der Waals surface area (Å²) < 4.78 is 9.23. The molecule has 0 saturated carbocycles. The summed E-state index contributed by atoms with van der Waals surface area (Å²) in [5, 5.41) is 16.7. The second-order valence-electron chi connectivity index (χ2n) is 2.57. The minimum absolute atomic E-state index is 0.133. The van der Waals surface area contributed by atoms with Crippen molar-refractivity contribution in [3.8, 4) is 0 Å². The van der Waals surface area contributed by atoms with E-state index in [4.69, 9.17) is 14.9 Å². The average molecular weight is 180 g/mol. The van der Waals surface area contributed by atoms with Gasteiger partial charge in [0, 0.05) is 13.7 Å². The lowest BCUT2D eigenvalue weighted by molar-refractivity contribution is -0.155. The van der Waals surface area contributed by atoms with Gasteiger partial charge >= 0.3 is 0 Å². The van der Waals surface area contributed by atoms with Gasteiger partial charge in [-0.3, -0.25) is 0 Å². The summed E-state index contributed by atoms with van der Waals surface area (Å²) in [5.41, 5.74) is 0. The highest BCUT2D eigenvalue weighted by atomic mass is 16.6. The van der Waals surface area contributed by atoms with E-state index in [0.29, 0.717) is 13.2 Å². The molecule has 0 atom stereocenters. The number of rotatable bonds is 4. The van der Waals surface area contributed by atoms with Gasteiger partial charge in [-0.25, -0.2) is 0 Å². The summed E-state index contributed by atoms with van der Waals surface area (Å²) in [6, 6.07) is 0. The first-order chi connectivity index (χ1) is 5.47. The Kier molecular flexibility index (Phi) is 10.7. The van der Waals surface area contributed by atoms with Gasteiger partial charge < -0.3 is 19.7 Å². The van der Waals surface area contributed by atoms with Crippen LogP contribution in [0.1, 0.15) is 20.8 Å². The molecular formula is C8H20O4. The van der Waals surface area contributed by atoms with Crippen molar-refractivity contribution in [3.63, 3.8) is 0 Å². The number of aliphatic hydroxyl groups excluding tert-OH is 1. The molecular weight excluding hydrogens is 160 g/mol. The van der Waals surface area contributed by atoms with Crippen LogP contribution in [-0.2, 0) is 9.47 Å². The van der Waals surface area contributed by atoms with E-state index >= 15 is 0 Å². The molecule has 0 fully saturated rings. The first-order valence-electron chi connectivity index (χ1n) is 3.94. The van der Waals surface area contributed by atoms with Gasteiger partial charge in [0.15, 0.2) is 5.79 Å². The Hall–Kier alpha value is -0.160. The van der Waals surface area contributed by atoms with Gasteiger partial charge in [-0.15, -0.1) is 0 Å². The van der Waals surface area contributed by atoms with E-state index in [1.54, 1.807) is 13.8 Å². The Morgan fingerprint density at radius 3 is 1.83 bits per heavy atom. The maximum atomic E-state index is 8.60. The topological polar surface area (TPSA) is 58.9 Å². The van der Waals surface area contributed by atoms with E-state index in [1.165, 1.54) is 7.11 Å². The molecule has 0 aromatic rings. The molecule has 12 heavy (non-hydrogen) atoms. The third-order valence-corrected chi connectivity index (χ3v) is 0.939. The molecule has 4 nitrogen and oxygen atoms in total. The minimum atomic E-state index is -0.958. The average Bonchev–Trinajstić information content (AvgIpc) is 2.01. The summed E-state index contributed by atoms with van der Waals surface area (Å²) in [4.78, 5) is 0. The zero-order valence-electron chi connectivity index (χ0n) is 8.33. The van der Waals surface area contributed by atoms with Crippen LogP contribution in [0.4, 0.5) is 0 Å². The molecule has 0 radical (unpaired) electrons. The van der Waals surface area contributed by atoms with E-state index in [2.05, 4.69) is 4.74 Å². The quantitative estimate of drug-likeness (QED) is 0.485. The molecule has 0 unspecified atom stereocenters. The molecule has 0 aromatic carbocycles. The van der Waals surface area contributed by atoms with Gasteiger partial charge in [-0.1, -0.05) is 0 Å². The van der Waals surface area contributed by atoms with Crippen molar-refractivity contribution in [2.75, 3.05) is 26.9 Å². The Bertz CT molecular complexity index is 73.6. The van der Waals surface area contributed by atoms with Crippen LogP contribution in [-0.4, -0.2) is 42.9 Å². The highest BCUT2D eigenvalue weighted by molar-refractivity contribution is 4.42. The third kappa shape index (κ3) is 22.5. The van der Waals surface area contributed by atoms with Crippen LogP contribution >= 0.6 is 0 Å². The Morgan fingerprint density at radius 2 is 1.75 bits per heavy atom. The minimum Gasteiger partial charge on any atom is -0.394 e. The molecule has 2 N–H and O–H groups in total. The summed E-state index contributed by atoms with van der Waals surface area (Å²) in [7, 11) is 1.46. The molecule has 0 aromatic heterocycles. The van der Waals surface area contributed by atoms with Crippen LogP contribution in [0.15, 0.2) is 0 Å². The van der Waals surface area contributed by atoms with E-state index in [0.717, 1.165) is 0 Å². The van der Waals surface area contributed by atoms with Gasteiger partial charge in [0.25, 0.3) is 0 Å². The predicted octanol–water partition coefficient (Wildman–Crippen LogP) is 0.376. The molecule has 0 aliphatic rings. The summed E-state index contributed by atoms with van der Waals surface area (Å²) in [6.45, 7) is 6.35. The number of methoxy groups -OCH3 is 1. The maximum Gasteiger partial charge on any atom is 0.159 e. The number of hydrogen-bond donors (Lipinski definition) is 2. The van der Waals surface area contributed by atoms with E-state index < -0.39 is 5.79 Å². The lowest BCUT2D eigenvalue weighted by Crippen LogP contribution is -2.20. The van der Waals surface area contributed by atoms with Gasteiger partial charge in [0.1, 0.15) is 0 Å². The van der Waals surface area contributed by atoms with Crippen LogP contribution in [0.3, 0.4) is 0 Å². The standard InChI is InChI=1S/2C4H10O2/c1-4(2,5)6-3;1-2-6-4-3-5/h5H,1-3H3;5H,2-4H2,1H3. The van der Waals surface area contributed by atoms with Crippen molar-refractivity contribution in [3.05, 3.63) is 0 Å².